The molecule has 0 aliphatic carbocycles. The second-order valence-corrected chi connectivity index (χ2v) is 4.80. The zero-order valence-electron chi connectivity index (χ0n) is 9.37. The van der Waals surface area contributed by atoms with Crippen molar-refractivity contribution in [1.82, 2.24) is 10.2 Å². The largest absolute Gasteiger partial charge is 0.322 e. The molecule has 1 atom stereocenters. The van der Waals surface area contributed by atoms with Crippen LogP contribution in [0.15, 0.2) is 12.1 Å². The fraction of sp³-hybridized carbons (Fsp3) is 0.273. The maximum Gasteiger partial charge on any atom is 0.153 e. The second kappa shape index (κ2) is 4.46. The van der Waals surface area contributed by atoms with E-state index in [9.17, 15) is 8.78 Å². The molecule has 0 bridgehead atoms. The van der Waals surface area contributed by atoms with Crippen molar-refractivity contribution in [2.75, 3.05) is 0 Å². The van der Waals surface area contributed by atoms with Gasteiger partial charge < -0.3 is 5.73 Å². The predicted octanol–water partition coefficient (Wildman–Crippen LogP) is 2.81. The second-order valence-electron chi connectivity index (χ2n) is 3.79. The number of aromatic nitrogens is 2. The van der Waals surface area contributed by atoms with Crippen molar-refractivity contribution in [1.29, 1.82) is 0 Å². The van der Waals surface area contributed by atoms with Crippen LogP contribution in [0, 0.1) is 18.6 Å². The molecule has 90 valence electrons. The van der Waals surface area contributed by atoms with E-state index in [-0.39, 0.29) is 16.6 Å². The van der Waals surface area contributed by atoms with Crippen LogP contribution >= 0.6 is 11.3 Å². The number of hydrogen-bond acceptors (Lipinski definition) is 4. The smallest absolute Gasteiger partial charge is 0.153 e. The van der Waals surface area contributed by atoms with E-state index in [1.807, 2.05) is 0 Å². The Kier molecular flexibility index (Phi) is 3.17. The van der Waals surface area contributed by atoms with Crippen LogP contribution in [0.1, 0.15) is 23.5 Å². The number of nitrogens with two attached hydrogens (primary N) is 1. The third-order valence-corrected chi connectivity index (χ3v) is 3.47. The molecular formula is C11H11F2N3S. The Bertz CT molecular complexity index is 552. The van der Waals surface area contributed by atoms with Gasteiger partial charge in [0.1, 0.15) is 16.6 Å². The molecule has 3 nitrogen and oxygen atoms in total. The van der Waals surface area contributed by atoms with E-state index < -0.39 is 11.6 Å². The van der Waals surface area contributed by atoms with Crippen LogP contribution in [-0.4, -0.2) is 10.2 Å². The van der Waals surface area contributed by atoms with Crippen molar-refractivity contribution in [3.8, 4) is 10.6 Å². The van der Waals surface area contributed by atoms with E-state index in [0.29, 0.717) is 10.6 Å². The van der Waals surface area contributed by atoms with Gasteiger partial charge in [0.15, 0.2) is 5.01 Å². The lowest BCUT2D eigenvalue weighted by molar-refractivity contribution is 0.583. The zero-order valence-corrected chi connectivity index (χ0v) is 10.2. The minimum atomic E-state index is -0.638. The highest BCUT2D eigenvalue weighted by atomic mass is 32.1. The summed E-state index contributed by atoms with van der Waals surface area (Å²) in [6, 6.07) is 2.32. The molecule has 0 aliphatic rings. The molecule has 0 fully saturated rings. The average Bonchev–Trinajstić information content (AvgIpc) is 2.73. The van der Waals surface area contributed by atoms with Crippen LogP contribution in [0.3, 0.4) is 0 Å². The van der Waals surface area contributed by atoms with Gasteiger partial charge in [0.25, 0.3) is 0 Å². The van der Waals surface area contributed by atoms with Crippen molar-refractivity contribution < 1.29 is 8.78 Å². The molecule has 0 spiro atoms. The van der Waals surface area contributed by atoms with Crippen molar-refractivity contribution in [2.45, 2.75) is 19.9 Å². The lowest BCUT2D eigenvalue weighted by Gasteiger charge is -2.03. The Hall–Kier alpha value is -1.40. The minimum absolute atomic E-state index is 0.130. The van der Waals surface area contributed by atoms with Gasteiger partial charge in [0.2, 0.25) is 0 Å². The van der Waals surface area contributed by atoms with Crippen LogP contribution < -0.4 is 5.73 Å². The molecule has 1 unspecified atom stereocenters. The molecule has 0 saturated carbocycles. The summed E-state index contributed by atoms with van der Waals surface area (Å²) in [6.45, 7) is 3.32. The van der Waals surface area contributed by atoms with Crippen LogP contribution in [0.25, 0.3) is 10.6 Å². The molecule has 0 amide bonds. The first-order chi connectivity index (χ1) is 8.00. The third-order valence-electron chi connectivity index (χ3n) is 2.33. The van der Waals surface area contributed by atoms with Crippen LogP contribution in [-0.2, 0) is 0 Å². The lowest BCUT2D eigenvalue weighted by atomic mass is 10.1. The van der Waals surface area contributed by atoms with Crippen LogP contribution in [0.5, 0.6) is 0 Å². The molecule has 1 aromatic carbocycles. The molecule has 1 heterocycles. The Morgan fingerprint density at radius 3 is 2.59 bits per heavy atom. The summed E-state index contributed by atoms with van der Waals surface area (Å²) >= 11 is 1.10. The Balaban J connectivity index is 2.56. The number of aryl methyl sites for hydroxylation is 1. The van der Waals surface area contributed by atoms with E-state index >= 15 is 0 Å². The third kappa shape index (κ3) is 2.18. The molecule has 0 radical (unpaired) electrons. The van der Waals surface area contributed by atoms with E-state index in [0.717, 1.165) is 11.3 Å². The van der Waals surface area contributed by atoms with Crippen molar-refractivity contribution in [3.63, 3.8) is 0 Å². The van der Waals surface area contributed by atoms with E-state index in [1.54, 1.807) is 13.8 Å². The first-order valence-corrected chi connectivity index (χ1v) is 5.86. The minimum Gasteiger partial charge on any atom is -0.322 e. The number of benzene rings is 1. The molecule has 1 aromatic heterocycles. The molecule has 0 saturated heterocycles. The summed E-state index contributed by atoms with van der Waals surface area (Å²) in [5.74, 6) is -1.24. The van der Waals surface area contributed by atoms with E-state index in [2.05, 4.69) is 10.2 Å². The molecule has 6 heteroatoms. The summed E-state index contributed by atoms with van der Waals surface area (Å²) in [7, 11) is 0. The van der Waals surface area contributed by atoms with Crippen molar-refractivity contribution >= 4 is 11.3 Å². The summed E-state index contributed by atoms with van der Waals surface area (Å²) < 4.78 is 27.4. The fourth-order valence-corrected chi connectivity index (χ4v) is 2.21. The zero-order chi connectivity index (χ0) is 12.6. The average molecular weight is 255 g/mol. The SMILES string of the molecule is Cc1ccc(F)c(-c2nnc(C(C)N)s2)c1F. The summed E-state index contributed by atoms with van der Waals surface area (Å²) in [4.78, 5) is 0. The van der Waals surface area contributed by atoms with Gasteiger partial charge in [-0.2, -0.15) is 0 Å². The number of rotatable bonds is 2. The summed E-state index contributed by atoms with van der Waals surface area (Å²) in [5.41, 5.74) is 5.88. The number of halogens is 2. The van der Waals surface area contributed by atoms with Gasteiger partial charge >= 0.3 is 0 Å². The Morgan fingerprint density at radius 2 is 2.00 bits per heavy atom. The van der Waals surface area contributed by atoms with Gasteiger partial charge in [-0.15, -0.1) is 10.2 Å². The normalized spacial score (nSPS) is 12.8. The summed E-state index contributed by atoms with van der Waals surface area (Å²) in [6.07, 6.45) is 0. The van der Waals surface area contributed by atoms with Crippen LogP contribution in [0.2, 0.25) is 0 Å². The Morgan fingerprint density at radius 1 is 1.29 bits per heavy atom. The molecule has 2 aromatic rings. The molecule has 17 heavy (non-hydrogen) atoms. The maximum atomic E-state index is 13.8. The molecular weight excluding hydrogens is 244 g/mol. The highest BCUT2D eigenvalue weighted by molar-refractivity contribution is 7.14. The first kappa shape index (κ1) is 12.1. The van der Waals surface area contributed by atoms with Crippen molar-refractivity contribution in [3.05, 3.63) is 34.3 Å². The molecule has 2 rings (SSSR count). The van der Waals surface area contributed by atoms with E-state index in [1.165, 1.54) is 12.1 Å². The highest BCUT2D eigenvalue weighted by Crippen LogP contribution is 2.31. The fourth-order valence-electron chi connectivity index (χ4n) is 1.37. The van der Waals surface area contributed by atoms with Crippen molar-refractivity contribution in [2.24, 2.45) is 5.73 Å². The lowest BCUT2D eigenvalue weighted by Crippen LogP contribution is -2.03. The van der Waals surface area contributed by atoms with Gasteiger partial charge in [0, 0.05) is 0 Å². The molecule has 0 aliphatic heterocycles. The van der Waals surface area contributed by atoms with Gasteiger partial charge in [-0.05, 0) is 25.5 Å². The number of nitrogens with zero attached hydrogens (tertiary/aromatic N) is 2. The first-order valence-electron chi connectivity index (χ1n) is 5.04. The summed E-state index contributed by atoms with van der Waals surface area (Å²) in [5, 5.41) is 8.37. The molecule has 2 N–H and O–H groups in total. The van der Waals surface area contributed by atoms with Gasteiger partial charge in [-0.25, -0.2) is 8.78 Å². The van der Waals surface area contributed by atoms with Gasteiger partial charge in [0.05, 0.1) is 11.6 Å². The van der Waals surface area contributed by atoms with Crippen LogP contribution in [0.4, 0.5) is 8.78 Å². The van der Waals surface area contributed by atoms with E-state index in [4.69, 9.17) is 5.73 Å². The predicted molar refractivity (Wildman–Crippen MR) is 62.6 cm³/mol. The monoisotopic (exact) mass is 255 g/mol. The Labute approximate surface area is 101 Å². The quantitative estimate of drug-likeness (QED) is 0.897. The highest BCUT2D eigenvalue weighted by Gasteiger charge is 2.18. The maximum absolute atomic E-state index is 13.8. The van der Waals surface area contributed by atoms with Gasteiger partial charge in [-0.1, -0.05) is 17.4 Å². The standard InChI is InChI=1S/C11H11F2N3S/c1-5-3-4-7(12)8(9(5)13)11-16-15-10(17-11)6(2)14/h3-4,6H,14H2,1-2H3. The topological polar surface area (TPSA) is 51.8 Å². The van der Waals surface area contributed by atoms with Gasteiger partial charge in [-0.3, -0.25) is 0 Å². The number of hydrogen-bond donors (Lipinski definition) is 1.